The highest BCUT2D eigenvalue weighted by molar-refractivity contribution is 9.11. The molecular formula is C8H4Br2O. The first-order valence-electron chi connectivity index (χ1n) is 3.09. The monoisotopic (exact) mass is 274 g/mol. The molecule has 0 unspecified atom stereocenters. The standard InChI is InChI=1S/C8H4Br2O/c9-7-1-2-8(10)6-4-11-3-5(6)7/h1-4H. The van der Waals surface area contributed by atoms with E-state index in [0.29, 0.717) is 0 Å². The summed E-state index contributed by atoms with van der Waals surface area (Å²) in [5.41, 5.74) is 0. The zero-order chi connectivity index (χ0) is 7.84. The second-order valence-corrected chi connectivity index (χ2v) is 3.94. The Morgan fingerprint density at radius 2 is 1.36 bits per heavy atom. The molecule has 1 aromatic heterocycles. The maximum Gasteiger partial charge on any atom is 0.0993 e. The van der Waals surface area contributed by atoms with Gasteiger partial charge >= 0.3 is 0 Å². The van der Waals surface area contributed by atoms with Crippen LogP contribution in [0.25, 0.3) is 10.8 Å². The molecule has 0 atom stereocenters. The Hall–Kier alpha value is -0.280. The molecule has 1 aromatic carbocycles. The summed E-state index contributed by atoms with van der Waals surface area (Å²) in [7, 11) is 0. The normalized spacial score (nSPS) is 10.7. The minimum atomic E-state index is 1.06. The van der Waals surface area contributed by atoms with Crippen LogP contribution in [0, 0.1) is 0 Å². The number of fused-ring (bicyclic) bond motifs is 1. The van der Waals surface area contributed by atoms with Gasteiger partial charge in [-0.15, -0.1) is 0 Å². The van der Waals surface area contributed by atoms with Gasteiger partial charge in [0, 0.05) is 19.7 Å². The van der Waals surface area contributed by atoms with Crippen LogP contribution in [0.2, 0.25) is 0 Å². The number of hydrogen-bond acceptors (Lipinski definition) is 1. The number of halogens is 2. The van der Waals surface area contributed by atoms with E-state index in [1.807, 2.05) is 12.1 Å². The van der Waals surface area contributed by atoms with Crippen molar-refractivity contribution in [2.24, 2.45) is 0 Å². The van der Waals surface area contributed by atoms with Gasteiger partial charge in [0.15, 0.2) is 0 Å². The van der Waals surface area contributed by atoms with Crippen LogP contribution in [0.4, 0.5) is 0 Å². The Kier molecular flexibility index (Phi) is 1.77. The Bertz CT molecular complexity index is 356. The van der Waals surface area contributed by atoms with Crippen molar-refractivity contribution in [1.29, 1.82) is 0 Å². The third-order valence-electron chi connectivity index (χ3n) is 1.55. The summed E-state index contributed by atoms with van der Waals surface area (Å²) < 4.78 is 7.19. The smallest absolute Gasteiger partial charge is 0.0993 e. The molecule has 0 aliphatic heterocycles. The molecule has 0 saturated heterocycles. The molecular weight excluding hydrogens is 272 g/mol. The topological polar surface area (TPSA) is 13.1 Å². The van der Waals surface area contributed by atoms with E-state index in [4.69, 9.17) is 4.42 Å². The highest BCUT2D eigenvalue weighted by atomic mass is 79.9. The fraction of sp³-hybridized carbons (Fsp3) is 0. The van der Waals surface area contributed by atoms with Gasteiger partial charge in [0.2, 0.25) is 0 Å². The van der Waals surface area contributed by atoms with E-state index in [9.17, 15) is 0 Å². The van der Waals surface area contributed by atoms with Gasteiger partial charge in [-0.25, -0.2) is 0 Å². The predicted molar refractivity (Wildman–Crippen MR) is 51.6 cm³/mol. The van der Waals surface area contributed by atoms with Crippen molar-refractivity contribution in [3.05, 3.63) is 33.6 Å². The van der Waals surface area contributed by atoms with Crippen molar-refractivity contribution in [1.82, 2.24) is 0 Å². The van der Waals surface area contributed by atoms with Crippen molar-refractivity contribution in [3.63, 3.8) is 0 Å². The largest absolute Gasteiger partial charge is 0.471 e. The lowest BCUT2D eigenvalue weighted by Crippen LogP contribution is -1.68. The first kappa shape index (κ1) is 7.37. The van der Waals surface area contributed by atoms with Crippen LogP contribution in [0.15, 0.2) is 38.0 Å². The molecule has 0 saturated carbocycles. The molecule has 2 rings (SSSR count). The van der Waals surface area contributed by atoms with Gasteiger partial charge in [0.25, 0.3) is 0 Å². The Morgan fingerprint density at radius 1 is 0.909 bits per heavy atom. The van der Waals surface area contributed by atoms with Crippen molar-refractivity contribution in [2.45, 2.75) is 0 Å². The lowest BCUT2D eigenvalue weighted by molar-refractivity contribution is 0.572. The summed E-state index contributed by atoms with van der Waals surface area (Å²) in [5, 5.41) is 2.19. The zero-order valence-electron chi connectivity index (χ0n) is 5.47. The van der Waals surface area contributed by atoms with E-state index >= 15 is 0 Å². The average molecular weight is 276 g/mol. The predicted octanol–water partition coefficient (Wildman–Crippen LogP) is 3.96. The SMILES string of the molecule is Brc1ccc(Br)c2cocc12. The molecule has 1 nitrogen and oxygen atoms in total. The van der Waals surface area contributed by atoms with Crippen LogP contribution < -0.4 is 0 Å². The van der Waals surface area contributed by atoms with E-state index < -0.39 is 0 Å². The quantitative estimate of drug-likeness (QED) is 0.709. The second kappa shape index (κ2) is 2.64. The number of furan rings is 1. The van der Waals surface area contributed by atoms with E-state index in [0.717, 1.165) is 19.7 Å². The van der Waals surface area contributed by atoms with E-state index in [1.54, 1.807) is 12.5 Å². The molecule has 56 valence electrons. The first-order valence-corrected chi connectivity index (χ1v) is 4.67. The van der Waals surface area contributed by atoms with Crippen LogP contribution in [0.3, 0.4) is 0 Å². The van der Waals surface area contributed by atoms with Gasteiger partial charge in [0.05, 0.1) is 12.5 Å². The zero-order valence-corrected chi connectivity index (χ0v) is 8.65. The van der Waals surface area contributed by atoms with Crippen molar-refractivity contribution in [2.75, 3.05) is 0 Å². The molecule has 0 aliphatic rings. The van der Waals surface area contributed by atoms with Crippen LogP contribution in [-0.4, -0.2) is 0 Å². The molecule has 0 aliphatic carbocycles. The molecule has 0 N–H and O–H groups in total. The molecule has 11 heavy (non-hydrogen) atoms. The lowest BCUT2D eigenvalue weighted by atomic mass is 10.2. The Balaban J connectivity index is 2.96. The fourth-order valence-corrected chi connectivity index (χ4v) is 1.87. The van der Waals surface area contributed by atoms with Crippen molar-refractivity contribution < 1.29 is 4.42 Å². The number of rotatable bonds is 0. The van der Waals surface area contributed by atoms with E-state index in [2.05, 4.69) is 31.9 Å². The summed E-state index contributed by atoms with van der Waals surface area (Å²) in [4.78, 5) is 0. The fourth-order valence-electron chi connectivity index (χ4n) is 0.993. The summed E-state index contributed by atoms with van der Waals surface area (Å²) in [5.74, 6) is 0. The average Bonchev–Trinajstić information content (AvgIpc) is 2.45. The van der Waals surface area contributed by atoms with Gasteiger partial charge < -0.3 is 4.42 Å². The number of benzene rings is 1. The molecule has 0 bridgehead atoms. The minimum absolute atomic E-state index is 1.06. The first-order chi connectivity index (χ1) is 5.29. The summed E-state index contributed by atoms with van der Waals surface area (Å²) in [6, 6.07) is 3.98. The molecule has 3 heteroatoms. The van der Waals surface area contributed by atoms with Gasteiger partial charge in [0.1, 0.15) is 0 Å². The third-order valence-corrected chi connectivity index (χ3v) is 2.94. The van der Waals surface area contributed by atoms with Crippen LogP contribution >= 0.6 is 31.9 Å². The van der Waals surface area contributed by atoms with Crippen LogP contribution in [0.5, 0.6) is 0 Å². The van der Waals surface area contributed by atoms with Gasteiger partial charge in [-0.05, 0) is 12.1 Å². The molecule has 0 spiro atoms. The third kappa shape index (κ3) is 1.12. The maximum atomic E-state index is 5.07. The lowest BCUT2D eigenvalue weighted by Gasteiger charge is -1.93. The van der Waals surface area contributed by atoms with Crippen LogP contribution in [-0.2, 0) is 0 Å². The molecule has 1 heterocycles. The summed E-state index contributed by atoms with van der Waals surface area (Å²) in [6.07, 6.45) is 3.45. The van der Waals surface area contributed by atoms with Gasteiger partial charge in [-0.3, -0.25) is 0 Å². The Morgan fingerprint density at radius 3 is 1.82 bits per heavy atom. The minimum Gasteiger partial charge on any atom is -0.471 e. The summed E-state index contributed by atoms with van der Waals surface area (Å²) >= 11 is 6.86. The van der Waals surface area contributed by atoms with Crippen LogP contribution in [0.1, 0.15) is 0 Å². The Labute approximate surface area is 80.6 Å². The number of hydrogen-bond donors (Lipinski definition) is 0. The van der Waals surface area contributed by atoms with E-state index in [1.165, 1.54) is 0 Å². The maximum absolute atomic E-state index is 5.07. The van der Waals surface area contributed by atoms with E-state index in [-0.39, 0.29) is 0 Å². The summed E-state index contributed by atoms with van der Waals surface area (Å²) in [6.45, 7) is 0. The highest BCUT2D eigenvalue weighted by Crippen LogP contribution is 2.30. The molecule has 0 radical (unpaired) electrons. The van der Waals surface area contributed by atoms with Gasteiger partial charge in [-0.1, -0.05) is 31.9 Å². The highest BCUT2D eigenvalue weighted by Gasteiger charge is 2.03. The van der Waals surface area contributed by atoms with Crippen molar-refractivity contribution in [3.8, 4) is 0 Å². The molecule has 0 amide bonds. The van der Waals surface area contributed by atoms with Gasteiger partial charge in [-0.2, -0.15) is 0 Å². The van der Waals surface area contributed by atoms with Crippen molar-refractivity contribution >= 4 is 42.6 Å². The molecule has 2 aromatic rings. The second-order valence-electron chi connectivity index (χ2n) is 2.23. The molecule has 0 fully saturated rings.